The van der Waals surface area contributed by atoms with Gasteiger partial charge in [0.05, 0.1) is 6.54 Å². The van der Waals surface area contributed by atoms with Crippen LogP contribution in [0.5, 0.6) is 0 Å². The maximum absolute atomic E-state index is 12.6. The average Bonchev–Trinajstić information content (AvgIpc) is 3.43. The summed E-state index contributed by atoms with van der Waals surface area (Å²) in [6.45, 7) is 2.17. The first kappa shape index (κ1) is 20.0. The van der Waals surface area contributed by atoms with Crippen molar-refractivity contribution in [3.05, 3.63) is 30.3 Å². The van der Waals surface area contributed by atoms with E-state index in [9.17, 15) is 9.59 Å². The number of benzene rings is 1. The number of aliphatic carboxylic acids is 1. The molecule has 2 amide bonds. The molecule has 2 aliphatic rings. The van der Waals surface area contributed by atoms with E-state index in [0.717, 1.165) is 38.6 Å². The number of likely N-dealkylation sites (tertiary alicyclic amines) is 1. The lowest BCUT2D eigenvalue weighted by atomic mass is 10.1. The summed E-state index contributed by atoms with van der Waals surface area (Å²) < 4.78 is 0.146. The van der Waals surface area contributed by atoms with Gasteiger partial charge in [-0.25, -0.2) is 4.79 Å². The molecule has 1 saturated carbocycles. The zero-order valence-electron chi connectivity index (χ0n) is 15.9. The summed E-state index contributed by atoms with van der Waals surface area (Å²) in [6, 6.07) is 10.6. The molecule has 148 valence electrons. The Kier molecular flexibility index (Phi) is 6.65. The van der Waals surface area contributed by atoms with Crippen LogP contribution in [0.2, 0.25) is 0 Å². The van der Waals surface area contributed by atoms with E-state index < -0.39 is 5.97 Å². The van der Waals surface area contributed by atoms with Crippen LogP contribution < -0.4 is 5.32 Å². The maximum atomic E-state index is 12.6. The van der Waals surface area contributed by atoms with Crippen molar-refractivity contribution in [2.45, 2.75) is 47.8 Å². The topological polar surface area (TPSA) is 72.9 Å². The Morgan fingerprint density at radius 3 is 2.67 bits per heavy atom. The number of carbonyl (C=O) groups excluding carboxylic acids is 1. The van der Waals surface area contributed by atoms with E-state index in [1.54, 1.807) is 0 Å². The van der Waals surface area contributed by atoms with Gasteiger partial charge in [-0.05, 0) is 51.3 Å². The van der Waals surface area contributed by atoms with Gasteiger partial charge < -0.3 is 15.3 Å². The van der Waals surface area contributed by atoms with Gasteiger partial charge in [0, 0.05) is 35.3 Å². The van der Waals surface area contributed by atoms with E-state index in [0.29, 0.717) is 13.1 Å². The predicted molar refractivity (Wildman–Crippen MR) is 107 cm³/mol. The van der Waals surface area contributed by atoms with Crippen LogP contribution in [-0.2, 0) is 4.79 Å². The van der Waals surface area contributed by atoms with E-state index >= 15 is 0 Å². The number of hydrogen-bond donors (Lipinski definition) is 2. The lowest BCUT2D eigenvalue weighted by Gasteiger charge is -2.26. The number of likely N-dealkylation sites (N-methyl/N-ethyl adjacent to an activating group) is 1. The maximum Gasteiger partial charge on any atom is 0.317 e. The summed E-state index contributed by atoms with van der Waals surface area (Å²) in [5, 5.41) is 12.1. The summed E-state index contributed by atoms with van der Waals surface area (Å²) in [5.41, 5.74) is 0. The number of amides is 2. The lowest BCUT2D eigenvalue weighted by Crippen LogP contribution is -2.44. The minimum absolute atomic E-state index is 0.0106. The predicted octanol–water partition coefficient (Wildman–Crippen LogP) is 2.89. The van der Waals surface area contributed by atoms with Crippen LogP contribution in [0.25, 0.3) is 0 Å². The number of thioether (sulfide) groups is 1. The summed E-state index contributed by atoms with van der Waals surface area (Å²) in [6.07, 6.45) is 4.93. The van der Waals surface area contributed by atoms with E-state index in [4.69, 9.17) is 5.11 Å². The third kappa shape index (κ3) is 5.87. The molecule has 6 nitrogen and oxygen atoms in total. The molecule has 0 spiro atoms. The highest BCUT2D eigenvalue weighted by atomic mass is 32.2. The molecule has 7 heteroatoms. The number of carboxylic acids is 1. The third-order valence-electron chi connectivity index (χ3n) is 5.44. The SMILES string of the molecule is CN(CC(=O)O)C1CCCN(C(=O)NCC2(Sc3ccccc3)CC2)CC1. The summed E-state index contributed by atoms with van der Waals surface area (Å²) in [4.78, 5) is 28.6. The van der Waals surface area contributed by atoms with E-state index in [-0.39, 0.29) is 23.4 Å². The highest BCUT2D eigenvalue weighted by Crippen LogP contribution is 2.51. The summed E-state index contributed by atoms with van der Waals surface area (Å²) in [5.74, 6) is -0.804. The molecule has 0 aromatic heterocycles. The highest BCUT2D eigenvalue weighted by molar-refractivity contribution is 8.01. The molecule has 1 aromatic carbocycles. The fraction of sp³-hybridized carbons (Fsp3) is 0.600. The fourth-order valence-corrected chi connectivity index (χ4v) is 4.85. The van der Waals surface area contributed by atoms with Crippen molar-refractivity contribution in [2.75, 3.05) is 33.2 Å². The average molecular weight is 392 g/mol. The number of carboxylic acid groups (broad SMARTS) is 1. The molecule has 1 heterocycles. The molecule has 0 bridgehead atoms. The van der Waals surface area contributed by atoms with Crippen molar-refractivity contribution in [1.82, 2.24) is 15.1 Å². The Balaban J connectivity index is 1.45. The Morgan fingerprint density at radius 2 is 2.00 bits per heavy atom. The van der Waals surface area contributed by atoms with Crippen LogP contribution in [0.4, 0.5) is 4.79 Å². The van der Waals surface area contributed by atoms with Gasteiger partial charge in [0.2, 0.25) is 0 Å². The van der Waals surface area contributed by atoms with Crippen LogP contribution in [0.1, 0.15) is 32.1 Å². The highest BCUT2D eigenvalue weighted by Gasteiger charge is 2.44. The number of hydrogen-bond acceptors (Lipinski definition) is 4. The Bertz CT molecular complexity index is 651. The molecule has 0 radical (unpaired) electrons. The zero-order chi connectivity index (χ0) is 19.3. The van der Waals surface area contributed by atoms with Crippen molar-refractivity contribution >= 4 is 23.8 Å². The molecular formula is C20H29N3O3S. The normalized spacial score (nSPS) is 21.6. The van der Waals surface area contributed by atoms with Gasteiger partial charge >= 0.3 is 12.0 Å². The van der Waals surface area contributed by atoms with Crippen molar-refractivity contribution in [2.24, 2.45) is 0 Å². The molecule has 1 aliphatic carbocycles. The van der Waals surface area contributed by atoms with Gasteiger partial charge in [0.25, 0.3) is 0 Å². The van der Waals surface area contributed by atoms with Crippen LogP contribution in [0, 0.1) is 0 Å². The van der Waals surface area contributed by atoms with Crippen molar-refractivity contribution in [3.63, 3.8) is 0 Å². The third-order valence-corrected chi connectivity index (χ3v) is 6.93. The van der Waals surface area contributed by atoms with Gasteiger partial charge in [0.15, 0.2) is 0 Å². The molecule has 1 saturated heterocycles. The number of urea groups is 1. The first-order valence-corrected chi connectivity index (χ1v) is 10.5. The Morgan fingerprint density at radius 1 is 1.26 bits per heavy atom. The second-order valence-electron chi connectivity index (χ2n) is 7.64. The van der Waals surface area contributed by atoms with E-state index in [2.05, 4.69) is 17.4 Å². The van der Waals surface area contributed by atoms with Crippen molar-refractivity contribution < 1.29 is 14.7 Å². The van der Waals surface area contributed by atoms with E-state index in [1.165, 1.54) is 4.90 Å². The molecule has 1 unspecified atom stereocenters. The van der Waals surface area contributed by atoms with Gasteiger partial charge in [-0.1, -0.05) is 18.2 Å². The van der Waals surface area contributed by atoms with Gasteiger partial charge in [-0.15, -0.1) is 11.8 Å². The van der Waals surface area contributed by atoms with E-state index in [1.807, 2.05) is 46.8 Å². The molecule has 1 aromatic rings. The zero-order valence-corrected chi connectivity index (χ0v) is 16.7. The molecule has 2 fully saturated rings. The number of nitrogens with zero attached hydrogens (tertiary/aromatic N) is 2. The fourth-order valence-electron chi connectivity index (χ4n) is 3.61. The van der Waals surface area contributed by atoms with Crippen molar-refractivity contribution in [3.8, 4) is 0 Å². The van der Waals surface area contributed by atoms with Gasteiger partial charge in [0.1, 0.15) is 0 Å². The summed E-state index contributed by atoms with van der Waals surface area (Å²) >= 11 is 1.86. The first-order chi connectivity index (χ1) is 13.0. The first-order valence-electron chi connectivity index (χ1n) is 9.66. The minimum Gasteiger partial charge on any atom is -0.480 e. The molecule has 1 atom stereocenters. The molecule has 3 rings (SSSR count). The Labute approximate surface area is 165 Å². The quantitative estimate of drug-likeness (QED) is 0.748. The van der Waals surface area contributed by atoms with Gasteiger partial charge in [-0.3, -0.25) is 9.69 Å². The van der Waals surface area contributed by atoms with Gasteiger partial charge in [-0.2, -0.15) is 0 Å². The standard InChI is InChI=1S/C20H29N3O3S/c1-22(14-18(24)25)16-6-5-12-23(13-9-16)19(26)21-15-20(10-11-20)27-17-7-3-2-4-8-17/h2-4,7-8,16H,5-6,9-15H2,1H3,(H,21,26)(H,24,25). The van der Waals surface area contributed by atoms with Crippen LogP contribution in [0.15, 0.2) is 35.2 Å². The number of carbonyl (C=O) groups is 2. The van der Waals surface area contributed by atoms with Crippen LogP contribution >= 0.6 is 11.8 Å². The second-order valence-corrected chi connectivity index (χ2v) is 9.18. The molecular weight excluding hydrogens is 362 g/mol. The lowest BCUT2D eigenvalue weighted by molar-refractivity contribution is -0.138. The second kappa shape index (κ2) is 8.97. The largest absolute Gasteiger partial charge is 0.480 e. The summed E-state index contributed by atoms with van der Waals surface area (Å²) in [7, 11) is 1.85. The minimum atomic E-state index is -0.804. The van der Waals surface area contributed by atoms with Crippen LogP contribution in [-0.4, -0.2) is 70.9 Å². The molecule has 27 heavy (non-hydrogen) atoms. The van der Waals surface area contributed by atoms with Crippen LogP contribution in [0.3, 0.4) is 0 Å². The molecule has 2 N–H and O–H groups in total. The smallest absolute Gasteiger partial charge is 0.317 e. The number of rotatable bonds is 7. The monoisotopic (exact) mass is 391 g/mol. The number of nitrogens with one attached hydrogen (secondary N) is 1. The molecule has 1 aliphatic heterocycles. The van der Waals surface area contributed by atoms with Crippen molar-refractivity contribution in [1.29, 1.82) is 0 Å². The Hall–Kier alpha value is -1.73.